The molecule has 1 N–H and O–H groups in total. The van der Waals surface area contributed by atoms with Gasteiger partial charge in [0.25, 0.3) is 5.91 Å². The van der Waals surface area contributed by atoms with Crippen molar-refractivity contribution in [3.05, 3.63) is 33.8 Å². The highest BCUT2D eigenvalue weighted by Gasteiger charge is 2.11. The summed E-state index contributed by atoms with van der Waals surface area (Å²) in [7, 11) is 0. The van der Waals surface area contributed by atoms with Gasteiger partial charge in [-0.1, -0.05) is 15.9 Å². The smallest absolute Gasteiger partial charge is 0.251 e. The van der Waals surface area contributed by atoms with Crippen LogP contribution in [0.4, 0.5) is 0 Å². The van der Waals surface area contributed by atoms with Crippen LogP contribution >= 0.6 is 15.9 Å². The van der Waals surface area contributed by atoms with Crippen molar-refractivity contribution in [3.8, 4) is 0 Å². The van der Waals surface area contributed by atoms with E-state index in [4.69, 9.17) is 4.74 Å². The maximum atomic E-state index is 12.0. The molecule has 104 valence electrons. The normalized spacial score (nSPS) is 16.3. The number of carbonyl (C=O) groups is 1. The van der Waals surface area contributed by atoms with Crippen molar-refractivity contribution in [2.75, 3.05) is 39.4 Å². The summed E-state index contributed by atoms with van der Waals surface area (Å²) in [6.45, 7) is 7.01. The van der Waals surface area contributed by atoms with Gasteiger partial charge in [-0.25, -0.2) is 0 Å². The zero-order chi connectivity index (χ0) is 13.7. The van der Waals surface area contributed by atoms with E-state index in [2.05, 4.69) is 26.1 Å². The molecule has 19 heavy (non-hydrogen) atoms. The fraction of sp³-hybridized carbons (Fsp3) is 0.500. The third-order valence-electron chi connectivity index (χ3n) is 3.12. The minimum atomic E-state index is -0.0161. The second-order valence-corrected chi connectivity index (χ2v) is 5.64. The summed E-state index contributed by atoms with van der Waals surface area (Å²) < 4.78 is 6.22. The molecule has 1 aromatic rings. The third-order valence-corrected chi connectivity index (χ3v) is 3.58. The van der Waals surface area contributed by atoms with Gasteiger partial charge in [0.2, 0.25) is 0 Å². The van der Waals surface area contributed by atoms with Crippen LogP contribution in [0.2, 0.25) is 0 Å². The van der Waals surface area contributed by atoms with Gasteiger partial charge in [-0.2, -0.15) is 0 Å². The topological polar surface area (TPSA) is 41.6 Å². The molecule has 4 nitrogen and oxygen atoms in total. The maximum absolute atomic E-state index is 12.0. The summed E-state index contributed by atoms with van der Waals surface area (Å²) in [5, 5.41) is 2.96. The third kappa shape index (κ3) is 4.60. The Kier molecular flexibility index (Phi) is 5.36. The Balaban J connectivity index is 1.80. The van der Waals surface area contributed by atoms with E-state index in [0.29, 0.717) is 12.1 Å². The van der Waals surface area contributed by atoms with E-state index >= 15 is 0 Å². The molecule has 0 spiro atoms. The van der Waals surface area contributed by atoms with Gasteiger partial charge in [-0.05, 0) is 30.7 Å². The fourth-order valence-corrected chi connectivity index (χ4v) is 2.73. The summed E-state index contributed by atoms with van der Waals surface area (Å²) in [5.74, 6) is -0.0161. The first-order valence-corrected chi connectivity index (χ1v) is 7.30. The molecule has 1 aliphatic rings. The van der Waals surface area contributed by atoms with E-state index in [-0.39, 0.29) is 5.91 Å². The lowest BCUT2D eigenvalue weighted by molar-refractivity contribution is 0.0383. The van der Waals surface area contributed by atoms with Crippen LogP contribution in [0.3, 0.4) is 0 Å². The van der Waals surface area contributed by atoms with Gasteiger partial charge in [0, 0.05) is 36.2 Å². The number of carbonyl (C=O) groups excluding carboxylic acids is 1. The van der Waals surface area contributed by atoms with Crippen LogP contribution < -0.4 is 5.32 Å². The molecule has 1 fully saturated rings. The molecule has 0 unspecified atom stereocenters. The number of rotatable bonds is 4. The van der Waals surface area contributed by atoms with Crippen LogP contribution in [0.15, 0.2) is 22.7 Å². The average Bonchev–Trinajstić information content (AvgIpc) is 2.38. The predicted octanol–water partition coefficient (Wildman–Crippen LogP) is 1.82. The van der Waals surface area contributed by atoms with E-state index in [9.17, 15) is 4.79 Å². The first-order valence-electron chi connectivity index (χ1n) is 6.50. The summed E-state index contributed by atoms with van der Waals surface area (Å²) in [6.07, 6.45) is 0. The zero-order valence-electron chi connectivity index (χ0n) is 11.1. The lowest BCUT2D eigenvalue weighted by Gasteiger charge is -2.26. The molecule has 5 heteroatoms. The maximum Gasteiger partial charge on any atom is 0.251 e. The molecule has 1 amide bonds. The van der Waals surface area contributed by atoms with Crippen molar-refractivity contribution < 1.29 is 9.53 Å². The molecular weight excluding hydrogens is 308 g/mol. The van der Waals surface area contributed by atoms with Crippen LogP contribution in [0, 0.1) is 6.92 Å². The Labute approximate surface area is 122 Å². The summed E-state index contributed by atoms with van der Waals surface area (Å²) in [4.78, 5) is 14.3. The molecule has 2 rings (SSSR count). The highest BCUT2D eigenvalue weighted by molar-refractivity contribution is 9.10. The lowest BCUT2D eigenvalue weighted by Crippen LogP contribution is -2.41. The number of nitrogens with one attached hydrogen (secondary N) is 1. The molecule has 0 aromatic heterocycles. The van der Waals surface area contributed by atoms with Crippen LogP contribution in [0.5, 0.6) is 0 Å². The van der Waals surface area contributed by atoms with Crippen molar-refractivity contribution in [1.29, 1.82) is 0 Å². The number of aryl methyl sites for hydroxylation is 1. The minimum Gasteiger partial charge on any atom is -0.379 e. The Hall–Kier alpha value is -0.910. The first kappa shape index (κ1) is 14.5. The first-order chi connectivity index (χ1) is 9.15. The number of benzene rings is 1. The van der Waals surface area contributed by atoms with Crippen LogP contribution in [0.25, 0.3) is 0 Å². The zero-order valence-corrected chi connectivity index (χ0v) is 12.7. The van der Waals surface area contributed by atoms with Gasteiger partial charge in [0.1, 0.15) is 0 Å². The van der Waals surface area contributed by atoms with Crippen molar-refractivity contribution >= 4 is 21.8 Å². The van der Waals surface area contributed by atoms with Crippen LogP contribution in [-0.4, -0.2) is 50.2 Å². The lowest BCUT2D eigenvalue weighted by atomic mass is 10.1. The highest BCUT2D eigenvalue weighted by Crippen LogP contribution is 2.15. The number of hydrogen-bond acceptors (Lipinski definition) is 3. The monoisotopic (exact) mass is 326 g/mol. The second-order valence-electron chi connectivity index (χ2n) is 4.73. The molecule has 0 saturated carbocycles. The van der Waals surface area contributed by atoms with Gasteiger partial charge < -0.3 is 10.1 Å². The number of halogens is 1. The Bertz CT molecular complexity index is 425. The molecule has 0 aliphatic carbocycles. The van der Waals surface area contributed by atoms with Gasteiger partial charge >= 0.3 is 0 Å². The molecule has 0 bridgehead atoms. The van der Waals surface area contributed by atoms with E-state index in [1.807, 2.05) is 25.1 Å². The van der Waals surface area contributed by atoms with Gasteiger partial charge in [0.15, 0.2) is 0 Å². The SMILES string of the molecule is Cc1cc(Br)cc(C(=O)NCCN2CCOCC2)c1. The number of morpholine rings is 1. The van der Waals surface area contributed by atoms with Crippen LogP contribution in [0.1, 0.15) is 15.9 Å². The van der Waals surface area contributed by atoms with Crippen LogP contribution in [-0.2, 0) is 4.74 Å². The quantitative estimate of drug-likeness (QED) is 0.917. The second kappa shape index (κ2) is 7.03. The molecule has 0 radical (unpaired) electrons. The molecular formula is C14H19BrN2O2. The van der Waals surface area contributed by atoms with Crippen molar-refractivity contribution in [1.82, 2.24) is 10.2 Å². The standard InChI is InChI=1S/C14H19BrN2O2/c1-11-8-12(10-13(15)9-11)14(18)16-2-3-17-4-6-19-7-5-17/h8-10H,2-7H2,1H3,(H,16,18). The van der Waals surface area contributed by atoms with E-state index < -0.39 is 0 Å². The molecule has 1 heterocycles. The predicted molar refractivity (Wildman–Crippen MR) is 78.5 cm³/mol. The van der Waals surface area contributed by atoms with Gasteiger partial charge in [0.05, 0.1) is 13.2 Å². The Morgan fingerprint density at radius 3 is 2.79 bits per heavy atom. The number of hydrogen-bond donors (Lipinski definition) is 1. The number of amides is 1. The Morgan fingerprint density at radius 1 is 1.37 bits per heavy atom. The fourth-order valence-electron chi connectivity index (χ4n) is 2.12. The molecule has 1 saturated heterocycles. The highest BCUT2D eigenvalue weighted by atomic mass is 79.9. The molecule has 1 aromatic carbocycles. The Morgan fingerprint density at radius 2 is 2.11 bits per heavy atom. The van der Waals surface area contributed by atoms with Gasteiger partial charge in [-0.3, -0.25) is 9.69 Å². The number of ether oxygens (including phenoxy) is 1. The molecule has 1 aliphatic heterocycles. The largest absolute Gasteiger partial charge is 0.379 e. The van der Waals surface area contributed by atoms with E-state index in [1.165, 1.54) is 0 Å². The summed E-state index contributed by atoms with van der Waals surface area (Å²) in [5.41, 5.74) is 1.78. The molecule has 0 atom stereocenters. The van der Waals surface area contributed by atoms with Crippen molar-refractivity contribution in [2.24, 2.45) is 0 Å². The van der Waals surface area contributed by atoms with E-state index in [1.54, 1.807) is 0 Å². The minimum absolute atomic E-state index is 0.0161. The van der Waals surface area contributed by atoms with Crippen molar-refractivity contribution in [2.45, 2.75) is 6.92 Å². The van der Waals surface area contributed by atoms with E-state index in [0.717, 1.165) is 42.9 Å². The summed E-state index contributed by atoms with van der Waals surface area (Å²) in [6, 6.07) is 5.73. The number of nitrogens with zero attached hydrogens (tertiary/aromatic N) is 1. The average molecular weight is 327 g/mol. The summed E-state index contributed by atoms with van der Waals surface area (Å²) >= 11 is 3.41. The van der Waals surface area contributed by atoms with Gasteiger partial charge in [-0.15, -0.1) is 0 Å². The van der Waals surface area contributed by atoms with Crippen molar-refractivity contribution in [3.63, 3.8) is 0 Å².